The van der Waals surface area contributed by atoms with Crippen LogP contribution < -0.4 is 5.73 Å². The Morgan fingerprint density at radius 1 is 0.875 bits per heavy atom. The van der Waals surface area contributed by atoms with Crippen molar-refractivity contribution in [3.63, 3.8) is 0 Å². The molecule has 2 aromatic heterocycles. The van der Waals surface area contributed by atoms with E-state index >= 15 is 0 Å². The van der Waals surface area contributed by atoms with Gasteiger partial charge in [0, 0.05) is 21.5 Å². The zero-order valence-electron chi connectivity index (χ0n) is 17.8. The molecule has 0 spiro atoms. The molecule has 0 bridgehead atoms. The van der Waals surface area contributed by atoms with Gasteiger partial charge in [-0.25, -0.2) is 4.98 Å². The van der Waals surface area contributed by atoms with Crippen LogP contribution in [0.4, 0.5) is 0 Å². The van der Waals surface area contributed by atoms with Gasteiger partial charge in [-0.2, -0.15) is 0 Å². The minimum absolute atomic E-state index is 0.624. The monoisotopic (exact) mass is 438 g/mol. The molecule has 0 aliphatic heterocycles. The average molecular weight is 439 g/mol. The number of halogens is 1. The van der Waals surface area contributed by atoms with Crippen LogP contribution in [0, 0.1) is 0 Å². The summed E-state index contributed by atoms with van der Waals surface area (Å²) in [5.41, 5.74) is 11.0. The third kappa shape index (κ3) is 4.05. The Kier molecular flexibility index (Phi) is 5.30. The van der Waals surface area contributed by atoms with Crippen molar-refractivity contribution in [2.24, 2.45) is 5.73 Å². The molecular formula is C28H23ClN2O. The molecule has 0 unspecified atom stereocenters. The first kappa shape index (κ1) is 20.5. The van der Waals surface area contributed by atoms with E-state index in [0.717, 1.165) is 39.2 Å². The molecule has 158 valence electrons. The average Bonchev–Trinajstić information content (AvgIpc) is 3.30. The summed E-state index contributed by atoms with van der Waals surface area (Å²) < 4.78 is 6.35. The Morgan fingerprint density at radius 3 is 2.38 bits per heavy atom. The second-order valence-corrected chi connectivity index (χ2v) is 8.76. The summed E-state index contributed by atoms with van der Waals surface area (Å²) in [6, 6.07) is 32.1. The lowest BCUT2D eigenvalue weighted by atomic mass is 9.91. The highest BCUT2D eigenvalue weighted by Crippen LogP contribution is 2.35. The van der Waals surface area contributed by atoms with Crippen LogP contribution in [0.5, 0.6) is 0 Å². The fourth-order valence-electron chi connectivity index (χ4n) is 4.04. The molecule has 5 rings (SSSR count). The molecule has 0 saturated carbocycles. The molecule has 1 atom stereocenters. The van der Waals surface area contributed by atoms with Crippen LogP contribution in [0.3, 0.4) is 0 Å². The topological polar surface area (TPSA) is 52.0 Å². The summed E-state index contributed by atoms with van der Waals surface area (Å²) >= 11 is 6.08. The number of hydrogen-bond donors (Lipinski definition) is 1. The van der Waals surface area contributed by atoms with Crippen LogP contribution in [0.25, 0.3) is 33.5 Å². The second-order valence-electron chi connectivity index (χ2n) is 8.32. The van der Waals surface area contributed by atoms with E-state index in [1.807, 2.05) is 79.7 Å². The van der Waals surface area contributed by atoms with E-state index in [1.54, 1.807) is 0 Å². The number of benzene rings is 3. The van der Waals surface area contributed by atoms with Gasteiger partial charge in [0.15, 0.2) is 0 Å². The Morgan fingerprint density at radius 2 is 1.59 bits per heavy atom. The van der Waals surface area contributed by atoms with Gasteiger partial charge >= 0.3 is 0 Å². The summed E-state index contributed by atoms with van der Waals surface area (Å²) in [5.74, 6) is 1.53. The van der Waals surface area contributed by atoms with Crippen LogP contribution in [-0.2, 0) is 12.0 Å². The van der Waals surface area contributed by atoms with E-state index in [4.69, 9.17) is 26.7 Å². The van der Waals surface area contributed by atoms with Crippen molar-refractivity contribution in [2.75, 3.05) is 0 Å². The Labute approximate surface area is 192 Å². The number of aromatic nitrogens is 1. The summed E-state index contributed by atoms with van der Waals surface area (Å²) in [5, 5.41) is 1.74. The Balaban J connectivity index is 1.57. The lowest BCUT2D eigenvalue weighted by Gasteiger charge is -2.22. The van der Waals surface area contributed by atoms with E-state index in [2.05, 4.69) is 24.3 Å². The molecule has 2 heterocycles. The van der Waals surface area contributed by atoms with Gasteiger partial charge in [0.05, 0.1) is 16.7 Å². The van der Waals surface area contributed by atoms with Crippen LogP contribution in [0.15, 0.2) is 101 Å². The predicted octanol–water partition coefficient (Wildman–Crippen LogP) is 7.23. The fourth-order valence-corrected chi connectivity index (χ4v) is 4.17. The number of hydrogen-bond acceptors (Lipinski definition) is 3. The molecule has 0 fully saturated rings. The lowest BCUT2D eigenvalue weighted by Crippen LogP contribution is -2.35. The smallest absolute Gasteiger partial charge is 0.135 e. The molecule has 32 heavy (non-hydrogen) atoms. The van der Waals surface area contributed by atoms with Gasteiger partial charge < -0.3 is 10.2 Å². The van der Waals surface area contributed by atoms with Gasteiger partial charge in [-0.05, 0) is 55.3 Å². The predicted molar refractivity (Wildman–Crippen MR) is 132 cm³/mol. The summed E-state index contributed by atoms with van der Waals surface area (Å²) in [6.07, 6.45) is 0.688. The number of fused-ring (bicyclic) bond motifs is 1. The number of nitrogens with two attached hydrogens (primary N) is 1. The number of rotatable bonds is 5. The van der Waals surface area contributed by atoms with Crippen LogP contribution >= 0.6 is 11.6 Å². The Bertz CT molecular complexity index is 1370. The van der Waals surface area contributed by atoms with E-state index in [-0.39, 0.29) is 0 Å². The molecule has 5 aromatic rings. The second kappa shape index (κ2) is 8.27. The minimum Gasteiger partial charge on any atom is -0.459 e. The van der Waals surface area contributed by atoms with E-state index < -0.39 is 5.54 Å². The molecule has 0 saturated heterocycles. The third-order valence-corrected chi connectivity index (χ3v) is 5.96. The highest BCUT2D eigenvalue weighted by atomic mass is 35.5. The van der Waals surface area contributed by atoms with Gasteiger partial charge in [0.25, 0.3) is 0 Å². The van der Waals surface area contributed by atoms with Crippen LogP contribution in [0.1, 0.15) is 18.2 Å². The van der Waals surface area contributed by atoms with Gasteiger partial charge in [0.2, 0.25) is 0 Å². The first-order valence-electron chi connectivity index (χ1n) is 10.6. The molecule has 0 amide bonds. The zero-order valence-corrected chi connectivity index (χ0v) is 18.5. The van der Waals surface area contributed by atoms with Crippen molar-refractivity contribution in [3.8, 4) is 22.6 Å². The van der Waals surface area contributed by atoms with Crippen molar-refractivity contribution in [1.82, 2.24) is 4.98 Å². The number of pyridine rings is 1. The third-order valence-electron chi connectivity index (χ3n) is 5.70. The van der Waals surface area contributed by atoms with Crippen LogP contribution in [0.2, 0.25) is 5.02 Å². The summed E-state index contributed by atoms with van der Waals surface area (Å²) in [6.45, 7) is 2.01. The van der Waals surface area contributed by atoms with Gasteiger partial charge in [0.1, 0.15) is 11.5 Å². The maximum absolute atomic E-state index is 6.69. The largest absolute Gasteiger partial charge is 0.459 e. The van der Waals surface area contributed by atoms with E-state index in [1.165, 1.54) is 5.56 Å². The molecule has 3 aromatic carbocycles. The number of para-hydroxylation sites is 1. The minimum atomic E-state index is -0.624. The highest BCUT2D eigenvalue weighted by molar-refractivity contribution is 6.30. The van der Waals surface area contributed by atoms with Crippen molar-refractivity contribution < 1.29 is 4.42 Å². The van der Waals surface area contributed by atoms with Crippen molar-refractivity contribution in [2.45, 2.75) is 18.9 Å². The molecule has 0 radical (unpaired) electrons. The van der Waals surface area contributed by atoms with Gasteiger partial charge in [-0.1, -0.05) is 72.3 Å². The quantitative estimate of drug-likeness (QED) is 0.315. The SMILES string of the molecule is C[C@@](N)(Cc1ccccc1)c1ccc(-c2cc(-c3ccc(Cl)cc3)nc3ccccc23)o1. The van der Waals surface area contributed by atoms with Crippen molar-refractivity contribution >= 4 is 22.5 Å². The van der Waals surface area contributed by atoms with Crippen molar-refractivity contribution in [1.29, 1.82) is 0 Å². The van der Waals surface area contributed by atoms with Gasteiger partial charge in [-0.15, -0.1) is 0 Å². The number of nitrogens with zero attached hydrogens (tertiary/aromatic N) is 1. The molecular weight excluding hydrogens is 416 g/mol. The molecule has 3 nitrogen and oxygen atoms in total. The van der Waals surface area contributed by atoms with E-state index in [0.29, 0.717) is 11.4 Å². The fraction of sp³-hybridized carbons (Fsp3) is 0.107. The first-order chi connectivity index (χ1) is 15.5. The lowest BCUT2D eigenvalue weighted by molar-refractivity contribution is 0.372. The maximum atomic E-state index is 6.69. The van der Waals surface area contributed by atoms with Gasteiger partial charge in [-0.3, -0.25) is 0 Å². The molecule has 0 aliphatic rings. The highest BCUT2D eigenvalue weighted by Gasteiger charge is 2.26. The molecule has 2 N–H and O–H groups in total. The summed E-state index contributed by atoms with van der Waals surface area (Å²) in [7, 11) is 0. The normalized spacial score (nSPS) is 13.2. The van der Waals surface area contributed by atoms with Crippen LogP contribution in [-0.4, -0.2) is 4.98 Å². The maximum Gasteiger partial charge on any atom is 0.135 e. The van der Waals surface area contributed by atoms with E-state index in [9.17, 15) is 0 Å². The molecule has 4 heteroatoms. The number of furan rings is 1. The molecule has 0 aliphatic carbocycles. The summed E-state index contributed by atoms with van der Waals surface area (Å²) in [4.78, 5) is 4.86. The first-order valence-corrected chi connectivity index (χ1v) is 11.0. The van der Waals surface area contributed by atoms with Crippen molar-refractivity contribution in [3.05, 3.63) is 113 Å². The standard InChI is InChI=1S/C28H23ClN2O/c1-28(30,18-19-7-3-2-4-8-19)27-16-15-26(32-27)23-17-25(20-11-13-21(29)14-12-20)31-24-10-6-5-9-22(23)24/h2-17H,18,30H2,1H3/t28-/m1/s1. The Hall–Kier alpha value is -3.40. The zero-order chi connectivity index (χ0) is 22.1.